The molecular weight excluding hydrogens is 447 g/mol. The van der Waals surface area contributed by atoms with E-state index in [4.69, 9.17) is 4.74 Å². The zero-order valence-corrected chi connectivity index (χ0v) is 19.1. The predicted molar refractivity (Wildman–Crippen MR) is 119 cm³/mol. The fourth-order valence-electron chi connectivity index (χ4n) is 4.59. The third-order valence-corrected chi connectivity index (χ3v) is 6.59. The van der Waals surface area contributed by atoms with Crippen LogP contribution >= 0.6 is 0 Å². The molecule has 0 bridgehead atoms. The highest BCUT2D eigenvalue weighted by Gasteiger charge is 2.31. The average Bonchev–Trinajstić information content (AvgIpc) is 2.83. The number of carbonyl (C=O) groups excluding carboxylic acids is 2. The van der Waals surface area contributed by atoms with Gasteiger partial charge in [0, 0.05) is 50.7 Å². The lowest BCUT2D eigenvalue weighted by Crippen LogP contribution is -2.38. The highest BCUT2D eigenvalue weighted by molar-refractivity contribution is 5.79. The zero-order chi connectivity index (χ0) is 24.3. The largest absolute Gasteiger partial charge is 0.416 e. The highest BCUT2D eigenvalue weighted by atomic mass is 19.4. The highest BCUT2D eigenvalue weighted by Crippen LogP contribution is 2.30. The van der Waals surface area contributed by atoms with Crippen molar-refractivity contribution in [3.05, 3.63) is 64.0 Å². The molecule has 34 heavy (non-hydrogen) atoms. The minimum atomic E-state index is -4.44. The molecule has 0 aliphatic carbocycles. The van der Waals surface area contributed by atoms with E-state index in [1.165, 1.54) is 12.1 Å². The van der Waals surface area contributed by atoms with Gasteiger partial charge in [0.05, 0.1) is 12.0 Å². The molecule has 182 valence electrons. The van der Waals surface area contributed by atoms with Crippen LogP contribution in [0.4, 0.5) is 13.2 Å². The lowest BCUT2D eigenvalue weighted by molar-refractivity contribution is -0.138. The van der Waals surface area contributed by atoms with Gasteiger partial charge in [-0.3, -0.25) is 14.6 Å². The first-order valence-electron chi connectivity index (χ1n) is 11.5. The Morgan fingerprint density at radius 3 is 2.74 bits per heavy atom. The maximum Gasteiger partial charge on any atom is 0.416 e. The number of amides is 2. The van der Waals surface area contributed by atoms with Gasteiger partial charge in [-0.25, -0.2) is 0 Å². The number of aryl methyl sites for hydroxylation is 1. The summed E-state index contributed by atoms with van der Waals surface area (Å²) >= 11 is 0. The normalized spacial score (nSPS) is 16.8. The summed E-state index contributed by atoms with van der Waals surface area (Å²) in [6.45, 7) is 4.31. The predicted octanol–water partition coefficient (Wildman–Crippen LogP) is 3.58. The topological polar surface area (TPSA) is 71.5 Å². The molecular formula is C25H28F3N3O3. The van der Waals surface area contributed by atoms with Gasteiger partial charge < -0.3 is 15.0 Å². The van der Waals surface area contributed by atoms with E-state index in [1.807, 2.05) is 6.92 Å². The van der Waals surface area contributed by atoms with Gasteiger partial charge in [-0.05, 0) is 54.5 Å². The SMILES string of the molecule is Cc1ncc2c(c1CNC(=O)C1CCOCC1)CCN(C(=O)Cc1cccc(C(F)(F)F)c1)C2. The number of pyridine rings is 1. The lowest BCUT2D eigenvalue weighted by atomic mass is 9.94. The van der Waals surface area contributed by atoms with Crippen molar-refractivity contribution in [2.75, 3.05) is 19.8 Å². The van der Waals surface area contributed by atoms with Crippen LogP contribution in [-0.4, -0.2) is 41.5 Å². The Morgan fingerprint density at radius 2 is 2.00 bits per heavy atom. The van der Waals surface area contributed by atoms with E-state index < -0.39 is 11.7 Å². The number of nitrogens with zero attached hydrogens (tertiary/aromatic N) is 2. The minimum absolute atomic E-state index is 0.0222. The van der Waals surface area contributed by atoms with Crippen LogP contribution in [0.25, 0.3) is 0 Å². The average molecular weight is 476 g/mol. The number of benzene rings is 1. The second-order valence-corrected chi connectivity index (χ2v) is 8.87. The Balaban J connectivity index is 1.41. The van der Waals surface area contributed by atoms with Crippen molar-refractivity contribution >= 4 is 11.8 Å². The smallest absolute Gasteiger partial charge is 0.381 e. The number of hydrogen-bond donors (Lipinski definition) is 1. The Morgan fingerprint density at radius 1 is 1.24 bits per heavy atom. The second-order valence-electron chi connectivity index (χ2n) is 8.87. The Kier molecular flexibility index (Phi) is 7.21. The van der Waals surface area contributed by atoms with Crippen molar-refractivity contribution in [3.63, 3.8) is 0 Å². The Hall–Kier alpha value is -2.94. The van der Waals surface area contributed by atoms with E-state index in [-0.39, 0.29) is 24.2 Å². The summed E-state index contributed by atoms with van der Waals surface area (Å²) in [5, 5.41) is 3.04. The molecule has 0 atom stereocenters. The van der Waals surface area contributed by atoms with Gasteiger partial charge in [0.15, 0.2) is 0 Å². The Labute approximate surface area is 196 Å². The van der Waals surface area contributed by atoms with E-state index >= 15 is 0 Å². The molecule has 1 N–H and O–H groups in total. The summed E-state index contributed by atoms with van der Waals surface area (Å²) < 4.78 is 44.3. The van der Waals surface area contributed by atoms with E-state index in [1.54, 1.807) is 11.1 Å². The zero-order valence-electron chi connectivity index (χ0n) is 19.1. The minimum Gasteiger partial charge on any atom is -0.381 e. The van der Waals surface area contributed by atoms with Crippen molar-refractivity contribution in [2.45, 2.75) is 51.9 Å². The van der Waals surface area contributed by atoms with Crippen LogP contribution < -0.4 is 5.32 Å². The second kappa shape index (κ2) is 10.1. The number of carbonyl (C=O) groups is 2. The van der Waals surface area contributed by atoms with Crippen molar-refractivity contribution < 1.29 is 27.5 Å². The van der Waals surface area contributed by atoms with Crippen LogP contribution in [0.3, 0.4) is 0 Å². The number of aromatic nitrogens is 1. The number of rotatable bonds is 5. The molecule has 4 rings (SSSR count). The quantitative estimate of drug-likeness (QED) is 0.718. The van der Waals surface area contributed by atoms with E-state index in [0.29, 0.717) is 44.8 Å². The number of nitrogens with one attached hydrogen (secondary N) is 1. The molecule has 0 spiro atoms. The summed E-state index contributed by atoms with van der Waals surface area (Å²) in [5.41, 5.74) is 3.39. The number of hydrogen-bond acceptors (Lipinski definition) is 4. The van der Waals surface area contributed by atoms with Crippen LogP contribution in [0.2, 0.25) is 0 Å². The van der Waals surface area contributed by atoms with Gasteiger partial charge >= 0.3 is 6.18 Å². The van der Waals surface area contributed by atoms with Crippen molar-refractivity contribution in [3.8, 4) is 0 Å². The summed E-state index contributed by atoms with van der Waals surface area (Å²) in [7, 11) is 0. The molecule has 2 amide bonds. The van der Waals surface area contributed by atoms with Crippen molar-refractivity contribution in [1.82, 2.24) is 15.2 Å². The fourth-order valence-corrected chi connectivity index (χ4v) is 4.59. The molecule has 2 aliphatic heterocycles. The lowest BCUT2D eigenvalue weighted by Gasteiger charge is -2.31. The monoisotopic (exact) mass is 475 g/mol. The molecule has 9 heteroatoms. The summed E-state index contributed by atoms with van der Waals surface area (Å²) in [6.07, 6.45) is -0.735. The number of alkyl halides is 3. The van der Waals surface area contributed by atoms with Gasteiger partial charge in [0.25, 0.3) is 0 Å². The maximum absolute atomic E-state index is 13.0. The molecule has 1 saturated heterocycles. The first kappa shape index (κ1) is 24.2. The molecule has 1 fully saturated rings. The first-order valence-corrected chi connectivity index (χ1v) is 11.5. The molecule has 0 radical (unpaired) electrons. The molecule has 0 unspecified atom stereocenters. The van der Waals surface area contributed by atoms with Crippen LogP contribution in [0.15, 0.2) is 30.5 Å². The molecule has 3 heterocycles. The van der Waals surface area contributed by atoms with Gasteiger partial charge in [0.1, 0.15) is 0 Å². The molecule has 6 nitrogen and oxygen atoms in total. The van der Waals surface area contributed by atoms with Gasteiger partial charge in [-0.15, -0.1) is 0 Å². The Bertz CT molecular complexity index is 1070. The number of ether oxygens (including phenoxy) is 1. The van der Waals surface area contributed by atoms with E-state index in [0.717, 1.165) is 47.4 Å². The van der Waals surface area contributed by atoms with Gasteiger partial charge in [-0.1, -0.05) is 18.2 Å². The third-order valence-electron chi connectivity index (χ3n) is 6.59. The van der Waals surface area contributed by atoms with Crippen LogP contribution in [0, 0.1) is 12.8 Å². The summed E-state index contributed by atoms with van der Waals surface area (Å²) in [4.78, 5) is 31.5. The summed E-state index contributed by atoms with van der Waals surface area (Å²) in [5.74, 6) is -0.237. The third kappa shape index (κ3) is 5.58. The molecule has 2 aromatic rings. The first-order chi connectivity index (χ1) is 16.2. The molecule has 1 aromatic heterocycles. The molecule has 2 aliphatic rings. The summed E-state index contributed by atoms with van der Waals surface area (Å²) in [6, 6.07) is 4.89. The van der Waals surface area contributed by atoms with Crippen LogP contribution in [0.1, 0.15) is 46.4 Å². The number of halogens is 3. The standard InChI is InChI=1S/C25H28F3N3O3/c1-16-22(14-30-24(33)18-6-9-34-10-7-18)21-5-8-31(15-19(21)13-29-16)23(32)12-17-3-2-4-20(11-17)25(26,27)28/h2-4,11,13,18H,5-10,12,14-15H2,1H3,(H,30,33). The number of fused-ring (bicyclic) bond motifs is 1. The van der Waals surface area contributed by atoms with Crippen molar-refractivity contribution in [2.24, 2.45) is 5.92 Å². The fraction of sp³-hybridized carbons (Fsp3) is 0.480. The van der Waals surface area contributed by atoms with Gasteiger partial charge in [0.2, 0.25) is 11.8 Å². The molecule has 1 aromatic carbocycles. The van der Waals surface area contributed by atoms with Crippen LogP contribution in [0.5, 0.6) is 0 Å². The van der Waals surface area contributed by atoms with E-state index in [2.05, 4.69) is 10.3 Å². The molecule has 0 saturated carbocycles. The van der Waals surface area contributed by atoms with Crippen LogP contribution in [-0.2, 0) is 46.4 Å². The van der Waals surface area contributed by atoms with E-state index in [9.17, 15) is 22.8 Å². The maximum atomic E-state index is 13.0. The van der Waals surface area contributed by atoms with Crippen molar-refractivity contribution in [1.29, 1.82) is 0 Å². The van der Waals surface area contributed by atoms with Gasteiger partial charge in [-0.2, -0.15) is 13.2 Å².